The lowest BCUT2D eigenvalue weighted by Crippen LogP contribution is -2.61. The van der Waals surface area contributed by atoms with Crippen molar-refractivity contribution in [3.63, 3.8) is 0 Å². The van der Waals surface area contributed by atoms with Crippen molar-refractivity contribution in [2.24, 2.45) is 11.8 Å². The summed E-state index contributed by atoms with van der Waals surface area (Å²) in [5.41, 5.74) is 0. The molecule has 1 saturated heterocycles. The van der Waals surface area contributed by atoms with E-state index in [1.807, 2.05) is 0 Å². The molecule has 1 aliphatic heterocycles. The molecule has 100 valence electrons. The molecule has 0 aromatic carbocycles. The second kappa shape index (κ2) is 4.83. The smallest absolute Gasteiger partial charge is 0.328 e. The average molecular weight is 255 g/mol. The lowest BCUT2D eigenvalue weighted by Gasteiger charge is -2.32. The van der Waals surface area contributed by atoms with Gasteiger partial charge in [-0.15, -0.1) is 0 Å². The number of aliphatic carboxylic acids is 1. The fourth-order valence-electron chi connectivity index (χ4n) is 2.08. The van der Waals surface area contributed by atoms with Gasteiger partial charge < -0.3 is 15.7 Å². The largest absolute Gasteiger partial charge is 0.480 e. The van der Waals surface area contributed by atoms with Crippen molar-refractivity contribution in [1.82, 2.24) is 15.5 Å². The summed E-state index contributed by atoms with van der Waals surface area (Å²) in [4.78, 5) is 35.2. The average Bonchev–Trinajstić information content (AvgIpc) is 3.01. The summed E-state index contributed by atoms with van der Waals surface area (Å²) < 4.78 is 0. The van der Waals surface area contributed by atoms with Crippen LogP contribution in [0.2, 0.25) is 0 Å². The Kier molecular flexibility index (Phi) is 3.40. The Morgan fingerprint density at radius 2 is 2.22 bits per heavy atom. The highest BCUT2D eigenvalue weighted by Gasteiger charge is 2.37. The second-order valence-electron chi connectivity index (χ2n) is 4.95. The van der Waals surface area contributed by atoms with Crippen molar-refractivity contribution in [2.45, 2.75) is 19.4 Å². The molecular weight excluding hydrogens is 238 g/mol. The molecule has 0 radical (unpaired) electrons. The third-order valence-corrected chi connectivity index (χ3v) is 3.52. The highest BCUT2D eigenvalue weighted by Crippen LogP contribution is 2.36. The maximum atomic E-state index is 11.9. The fourth-order valence-corrected chi connectivity index (χ4v) is 2.08. The van der Waals surface area contributed by atoms with Gasteiger partial charge in [0.15, 0.2) is 0 Å². The summed E-state index contributed by atoms with van der Waals surface area (Å²) >= 11 is 0. The van der Waals surface area contributed by atoms with Gasteiger partial charge in [0.1, 0.15) is 12.6 Å². The number of carbonyl (C=O) groups excluding carboxylic acids is 2. The van der Waals surface area contributed by atoms with Crippen LogP contribution in [0.25, 0.3) is 0 Å². The quantitative estimate of drug-likeness (QED) is 0.617. The van der Waals surface area contributed by atoms with Crippen molar-refractivity contribution >= 4 is 17.9 Å². The van der Waals surface area contributed by atoms with Crippen LogP contribution in [-0.2, 0) is 9.59 Å². The van der Waals surface area contributed by atoms with E-state index >= 15 is 0 Å². The number of hydrogen-bond acceptors (Lipinski definition) is 3. The van der Waals surface area contributed by atoms with Gasteiger partial charge in [-0.2, -0.15) is 0 Å². The molecule has 18 heavy (non-hydrogen) atoms. The summed E-state index contributed by atoms with van der Waals surface area (Å²) in [7, 11) is 0. The summed E-state index contributed by atoms with van der Waals surface area (Å²) in [6, 6.07) is -1.46. The molecule has 0 aromatic heterocycles. The van der Waals surface area contributed by atoms with Crippen LogP contribution in [0.15, 0.2) is 0 Å². The van der Waals surface area contributed by atoms with Crippen LogP contribution in [0, 0.1) is 11.8 Å². The van der Waals surface area contributed by atoms with E-state index in [0.29, 0.717) is 18.4 Å². The molecule has 3 N–H and O–H groups in total. The van der Waals surface area contributed by atoms with E-state index < -0.39 is 18.0 Å². The van der Waals surface area contributed by atoms with E-state index in [2.05, 4.69) is 17.6 Å². The second-order valence-corrected chi connectivity index (χ2v) is 4.95. The van der Waals surface area contributed by atoms with Crippen LogP contribution in [-0.4, -0.2) is 53.6 Å². The van der Waals surface area contributed by atoms with Gasteiger partial charge in [-0.3, -0.25) is 9.69 Å². The SMILES string of the molecule is CC1CC1CNC(=O)N1CC(=O)NCC1C(=O)O. The maximum absolute atomic E-state index is 11.9. The number of nitrogens with one attached hydrogen (secondary N) is 2. The molecule has 7 nitrogen and oxygen atoms in total. The first-order valence-electron chi connectivity index (χ1n) is 6.03. The molecular formula is C11H17N3O4. The van der Waals surface area contributed by atoms with Crippen LogP contribution in [0.4, 0.5) is 4.79 Å². The van der Waals surface area contributed by atoms with Crippen LogP contribution in [0.1, 0.15) is 13.3 Å². The molecule has 0 bridgehead atoms. The normalized spacial score (nSPS) is 30.6. The third-order valence-electron chi connectivity index (χ3n) is 3.52. The highest BCUT2D eigenvalue weighted by atomic mass is 16.4. The first-order chi connectivity index (χ1) is 8.49. The first kappa shape index (κ1) is 12.7. The minimum atomic E-state index is -1.11. The lowest BCUT2D eigenvalue weighted by molar-refractivity contribution is -0.144. The monoisotopic (exact) mass is 255 g/mol. The Balaban J connectivity index is 1.91. The number of nitrogens with zero attached hydrogens (tertiary/aromatic N) is 1. The van der Waals surface area contributed by atoms with Crippen LogP contribution in [0.3, 0.4) is 0 Å². The minimum absolute atomic E-state index is 0.0403. The van der Waals surface area contributed by atoms with Crippen molar-refractivity contribution < 1.29 is 19.5 Å². The van der Waals surface area contributed by atoms with E-state index in [1.54, 1.807) is 0 Å². The molecule has 3 atom stereocenters. The predicted octanol–water partition coefficient (Wildman–Crippen LogP) is -0.763. The number of piperazine rings is 1. The third kappa shape index (κ3) is 2.72. The number of carboxylic acid groups (broad SMARTS) is 1. The molecule has 1 heterocycles. The van der Waals surface area contributed by atoms with Gasteiger partial charge in [-0.1, -0.05) is 6.92 Å². The zero-order valence-electron chi connectivity index (χ0n) is 10.2. The molecule has 3 unspecified atom stereocenters. The number of carboxylic acids is 1. The molecule has 1 saturated carbocycles. The van der Waals surface area contributed by atoms with Crippen LogP contribution >= 0.6 is 0 Å². The number of rotatable bonds is 3. The van der Waals surface area contributed by atoms with Crippen LogP contribution in [0.5, 0.6) is 0 Å². The fraction of sp³-hybridized carbons (Fsp3) is 0.727. The lowest BCUT2D eigenvalue weighted by atomic mass is 10.2. The minimum Gasteiger partial charge on any atom is -0.480 e. The molecule has 0 spiro atoms. The first-order valence-corrected chi connectivity index (χ1v) is 6.03. The number of carbonyl (C=O) groups is 3. The van der Waals surface area contributed by atoms with Gasteiger partial charge in [-0.05, 0) is 18.3 Å². The van der Waals surface area contributed by atoms with Crippen molar-refractivity contribution in [1.29, 1.82) is 0 Å². The summed E-state index contributed by atoms with van der Waals surface area (Å²) in [6.45, 7) is 2.40. The van der Waals surface area contributed by atoms with E-state index in [1.165, 1.54) is 0 Å². The van der Waals surface area contributed by atoms with Gasteiger partial charge in [0.25, 0.3) is 0 Å². The summed E-state index contributed by atoms with van der Waals surface area (Å²) in [5, 5.41) is 14.1. The Bertz CT molecular complexity index is 384. The number of hydrogen-bond donors (Lipinski definition) is 3. The molecule has 7 heteroatoms. The predicted molar refractivity (Wildman–Crippen MR) is 61.8 cm³/mol. The van der Waals surface area contributed by atoms with Crippen molar-refractivity contribution in [2.75, 3.05) is 19.6 Å². The van der Waals surface area contributed by atoms with Crippen LogP contribution < -0.4 is 10.6 Å². The molecule has 1 aliphatic carbocycles. The Hall–Kier alpha value is -1.79. The maximum Gasteiger partial charge on any atom is 0.328 e. The standard InChI is InChI=1S/C11H17N3O4/c1-6-2-7(6)3-13-11(18)14-5-9(15)12-4-8(14)10(16)17/h6-8H,2-5H2,1H3,(H,12,15)(H,13,18)(H,16,17). The van der Waals surface area contributed by atoms with Gasteiger partial charge in [0.05, 0.1) is 0 Å². The number of urea groups is 1. The Morgan fingerprint density at radius 3 is 2.78 bits per heavy atom. The van der Waals surface area contributed by atoms with E-state index in [0.717, 1.165) is 11.3 Å². The Morgan fingerprint density at radius 1 is 1.56 bits per heavy atom. The van der Waals surface area contributed by atoms with E-state index in [9.17, 15) is 14.4 Å². The van der Waals surface area contributed by atoms with Gasteiger partial charge in [0.2, 0.25) is 5.91 Å². The highest BCUT2D eigenvalue weighted by molar-refractivity contribution is 5.90. The summed E-state index contributed by atoms with van der Waals surface area (Å²) in [5.74, 6) is -0.339. The van der Waals surface area contributed by atoms with Gasteiger partial charge in [-0.25, -0.2) is 9.59 Å². The topological polar surface area (TPSA) is 98.7 Å². The molecule has 0 aromatic rings. The Labute approximate surface area is 105 Å². The zero-order valence-corrected chi connectivity index (χ0v) is 10.2. The summed E-state index contributed by atoms with van der Waals surface area (Å²) in [6.07, 6.45) is 1.09. The van der Waals surface area contributed by atoms with E-state index in [4.69, 9.17) is 5.11 Å². The van der Waals surface area contributed by atoms with Gasteiger partial charge >= 0.3 is 12.0 Å². The van der Waals surface area contributed by atoms with Gasteiger partial charge in [0, 0.05) is 13.1 Å². The zero-order chi connectivity index (χ0) is 13.3. The van der Waals surface area contributed by atoms with E-state index in [-0.39, 0.29) is 19.0 Å². The molecule has 3 amide bonds. The molecule has 2 rings (SSSR count). The molecule has 2 fully saturated rings. The number of amides is 3. The molecule has 2 aliphatic rings. The van der Waals surface area contributed by atoms with Crippen molar-refractivity contribution in [3.8, 4) is 0 Å². The van der Waals surface area contributed by atoms with Crippen molar-refractivity contribution in [3.05, 3.63) is 0 Å².